The molecule has 0 saturated carbocycles. The Morgan fingerprint density at radius 2 is 1.57 bits per heavy atom. The summed E-state index contributed by atoms with van der Waals surface area (Å²) in [5.74, 6) is -2.27. The van der Waals surface area contributed by atoms with E-state index in [1.165, 1.54) is 18.2 Å². The van der Waals surface area contributed by atoms with Gasteiger partial charge in [0, 0.05) is 10.7 Å². The van der Waals surface area contributed by atoms with Gasteiger partial charge in [0.15, 0.2) is 6.61 Å². The number of anilines is 2. The molecule has 2 amide bonds. The molecule has 0 unspecified atom stereocenters. The molecule has 3 aromatic carbocycles. The number of halogens is 1. The Balaban J connectivity index is 1.63. The number of hydrogen-bond acceptors (Lipinski definition) is 5. The molecule has 0 heterocycles. The van der Waals surface area contributed by atoms with Crippen molar-refractivity contribution in [2.24, 2.45) is 0 Å². The Hall–Kier alpha value is -3.84. The molecule has 0 atom stereocenters. The summed E-state index contributed by atoms with van der Waals surface area (Å²) < 4.78 is 4.92. The Labute approximate surface area is 177 Å². The minimum Gasteiger partial charge on any atom is -0.507 e. The van der Waals surface area contributed by atoms with Gasteiger partial charge in [-0.2, -0.15) is 0 Å². The fourth-order valence-electron chi connectivity index (χ4n) is 2.58. The number of rotatable bonds is 6. The number of hydrogen-bond donors (Lipinski definition) is 3. The number of phenolic OH excluding ortho intramolecular Hbond substituents is 1. The molecule has 0 radical (unpaired) electrons. The molecule has 152 valence electrons. The Morgan fingerprint density at radius 3 is 2.33 bits per heavy atom. The van der Waals surface area contributed by atoms with Crippen LogP contribution in [0, 0.1) is 0 Å². The van der Waals surface area contributed by atoms with E-state index in [-0.39, 0.29) is 27.6 Å². The number of para-hydroxylation sites is 2. The second-order valence-corrected chi connectivity index (χ2v) is 6.59. The third-order valence-corrected chi connectivity index (χ3v) is 4.23. The van der Waals surface area contributed by atoms with Crippen molar-refractivity contribution in [3.63, 3.8) is 0 Å². The number of ether oxygens (including phenoxy) is 1. The van der Waals surface area contributed by atoms with Crippen molar-refractivity contribution in [3.05, 3.63) is 88.9 Å². The van der Waals surface area contributed by atoms with E-state index in [0.29, 0.717) is 5.69 Å². The monoisotopic (exact) mass is 424 g/mol. The van der Waals surface area contributed by atoms with Gasteiger partial charge in [0.2, 0.25) is 0 Å². The first kappa shape index (κ1) is 20.9. The van der Waals surface area contributed by atoms with Crippen LogP contribution in [0.25, 0.3) is 0 Å². The van der Waals surface area contributed by atoms with Crippen LogP contribution in [0.15, 0.2) is 72.8 Å². The van der Waals surface area contributed by atoms with Gasteiger partial charge in [0.25, 0.3) is 11.8 Å². The van der Waals surface area contributed by atoms with Crippen LogP contribution in [-0.2, 0) is 9.53 Å². The maximum absolute atomic E-state index is 12.5. The maximum atomic E-state index is 12.5. The molecule has 0 bridgehead atoms. The number of phenols is 1. The molecule has 0 fully saturated rings. The van der Waals surface area contributed by atoms with Crippen LogP contribution in [0.2, 0.25) is 5.02 Å². The number of amides is 2. The second kappa shape index (κ2) is 9.58. The average molecular weight is 425 g/mol. The number of nitrogens with one attached hydrogen (secondary N) is 2. The van der Waals surface area contributed by atoms with Crippen molar-refractivity contribution >= 4 is 40.8 Å². The summed E-state index contributed by atoms with van der Waals surface area (Å²) >= 11 is 5.80. The van der Waals surface area contributed by atoms with E-state index in [1.807, 2.05) is 6.07 Å². The second-order valence-electron chi connectivity index (χ2n) is 6.15. The average Bonchev–Trinajstić information content (AvgIpc) is 2.75. The lowest BCUT2D eigenvalue weighted by Crippen LogP contribution is -2.23. The summed E-state index contributed by atoms with van der Waals surface area (Å²) in [6.07, 6.45) is 0. The zero-order chi connectivity index (χ0) is 21.5. The lowest BCUT2D eigenvalue weighted by atomic mass is 10.1. The number of aromatic hydroxyl groups is 1. The van der Waals surface area contributed by atoms with Gasteiger partial charge in [-0.3, -0.25) is 9.59 Å². The predicted octanol–water partition coefficient (Wildman–Crippen LogP) is 4.09. The summed E-state index contributed by atoms with van der Waals surface area (Å²) in [7, 11) is 0. The van der Waals surface area contributed by atoms with E-state index >= 15 is 0 Å². The van der Waals surface area contributed by atoms with Crippen LogP contribution in [0.1, 0.15) is 20.7 Å². The molecular weight excluding hydrogens is 408 g/mol. The highest BCUT2D eigenvalue weighted by molar-refractivity contribution is 6.31. The number of carbonyl (C=O) groups is 3. The Morgan fingerprint density at radius 1 is 0.867 bits per heavy atom. The van der Waals surface area contributed by atoms with Gasteiger partial charge < -0.3 is 20.5 Å². The van der Waals surface area contributed by atoms with Crippen LogP contribution >= 0.6 is 11.6 Å². The van der Waals surface area contributed by atoms with Crippen LogP contribution in [0.5, 0.6) is 5.75 Å². The topological polar surface area (TPSA) is 105 Å². The Bertz CT molecular complexity index is 1090. The standard InChI is InChI=1S/C22H17ClN2O5/c23-14-10-11-19(26)17(12-14)22(29)30-13-20(27)25-18-9-5-4-8-16(18)21(28)24-15-6-2-1-3-7-15/h1-12,26H,13H2,(H,24,28)(H,25,27). The van der Waals surface area contributed by atoms with Crippen LogP contribution in [0.3, 0.4) is 0 Å². The van der Waals surface area contributed by atoms with Gasteiger partial charge >= 0.3 is 5.97 Å². The highest BCUT2D eigenvalue weighted by atomic mass is 35.5. The molecule has 0 spiro atoms. The minimum atomic E-state index is -0.903. The minimum absolute atomic E-state index is 0.155. The molecule has 3 N–H and O–H groups in total. The number of esters is 1. The lowest BCUT2D eigenvalue weighted by molar-refractivity contribution is -0.119. The van der Waals surface area contributed by atoms with Gasteiger partial charge in [-0.05, 0) is 42.5 Å². The maximum Gasteiger partial charge on any atom is 0.342 e. The fourth-order valence-corrected chi connectivity index (χ4v) is 2.75. The van der Waals surface area contributed by atoms with Crippen LogP contribution in [-0.4, -0.2) is 29.5 Å². The van der Waals surface area contributed by atoms with Gasteiger partial charge in [0.1, 0.15) is 11.3 Å². The van der Waals surface area contributed by atoms with Gasteiger partial charge in [0.05, 0.1) is 11.3 Å². The first-order valence-corrected chi connectivity index (χ1v) is 9.23. The first-order valence-electron chi connectivity index (χ1n) is 8.85. The van der Waals surface area contributed by atoms with Crippen molar-refractivity contribution in [2.45, 2.75) is 0 Å². The smallest absolute Gasteiger partial charge is 0.342 e. The van der Waals surface area contributed by atoms with E-state index in [0.717, 1.165) is 0 Å². The van der Waals surface area contributed by atoms with E-state index in [4.69, 9.17) is 16.3 Å². The zero-order valence-corrected chi connectivity index (χ0v) is 16.3. The molecule has 3 aromatic rings. The predicted molar refractivity (Wildman–Crippen MR) is 113 cm³/mol. The SMILES string of the molecule is O=C(COC(=O)c1cc(Cl)ccc1O)Nc1ccccc1C(=O)Nc1ccccc1. The normalized spacial score (nSPS) is 10.2. The molecule has 0 saturated heterocycles. The van der Waals surface area contributed by atoms with E-state index in [1.54, 1.807) is 48.5 Å². The molecule has 0 aliphatic heterocycles. The van der Waals surface area contributed by atoms with Crippen molar-refractivity contribution in [3.8, 4) is 5.75 Å². The van der Waals surface area contributed by atoms with Gasteiger partial charge in [-0.1, -0.05) is 41.9 Å². The molecule has 30 heavy (non-hydrogen) atoms. The molecule has 3 rings (SSSR count). The van der Waals surface area contributed by atoms with E-state index < -0.39 is 24.4 Å². The highest BCUT2D eigenvalue weighted by Crippen LogP contribution is 2.22. The first-order chi connectivity index (χ1) is 14.4. The molecule has 0 aliphatic carbocycles. The van der Waals surface area contributed by atoms with Crippen molar-refractivity contribution in [1.82, 2.24) is 0 Å². The van der Waals surface area contributed by atoms with Crippen molar-refractivity contribution < 1.29 is 24.2 Å². The summed E-state index contributed by atoms with van der Waals surface area (Å²) in [5, 5.41) is 15.2. The quantitative estimate of drug-likeness (QED) is 0.517. The van der Waals surface area contributed by atoms with Gasteiger partial charge in [-0.15, -0.1) is 0 Å². The summed E-state index contributed by atoms with van der Waals surface area (Å²) in [6, 6.07) is 19.2. The van der Waals surface area contributed by atoms with Crippen molar-refractivity contribution in [1.29, 1.82) is 0 Å². The molecule has 0 aromatic heterocycles. The largest absolute Gasteiger partial charge is 0.507 e. The summed E-state index contributed by atoms with van der Waals surface area (Å²) in [5.41, 5.74) is 0.961. The third-order valence-electron chi connectivity index (χ3n) is 3.99. The zero-order valence-electron chi connectivity index (χ0n) is 15.6. The Kier molecular flexibility index (Phi) is 6.67. The molecule has 8 heteroatoms. The van der Waals surface area contributed by atoms with E-state index in [2.05, 4.69) is 10.6 Å². The molecular formula is C22H17ClN2O5. The van der Waals surface area contributed by atoms with E-state index in [9.17, 15) is 19.5 Å². The highest BCUT2D eigenvalue weighted by Gasteiger charge is 2.17. The van der Waals surface area contributed by atoms with Crippen LogP contribution < -0.4 is 10.6 Å². The summed E-state index contributed by atoms with van der Waals surface area (Å²) in [4.78, 5) is 36.8. The fraction of sp³-hybridized carbons (Fsp3) is 0.0455. The van der Waals surface area contributed by atoms with Crippen molar-refractivity contribution in [2.75, 3.05) is 17.2 Å². The number of benzene rings is 3. The van der Waals surface area contributed by atoms with Crippen LogP contribution in [0.4, 0.5) is 11.4 Å². The number of carbonyl (C=O) groups excluding carboxylic acids is 3. The molecule has 7 nitrogen and oxygen atoms in total. The third kappa shape index (κ3) is 5.36. The summed E-state index contributed by atoms with van der Waals surface area (Å²) in [6.45, 7) is -0.612. The lowest BCUT2D eigenvalue weighted by Gasteiger charge is -2.12. The molecule has 0 aliphatic rings. The van der Waals surface area contributed by atoms with Gasteiger partial charge in [-0.25, -0.2) is 4.79 Å².